The van der Waals surface area contributed by atoms with Crippen molar-refractivity contribution in [3.63, 3.8) is 0 Å². The van der Waals surface area contributed by atoms with Crippen LogP contribution in [0, 0.1) is 13.8 Å². The van der Waals surface area contributed by atoms with E-state index in [1.165, 1.54) is 3.97 Å². The van der Waals surface area contributed by atoms with Crippen LogP contribution in [-0.4, -0.2) is 29.0 Å². The van der Waals surface area contributed by atoms with Gasteiger partial charge in [-0.05, 0) is 37.6 Å². The molecule has 0 saturated carbocycles. The van der Waals surface area contributed by atoms with Crippen LogP contribution in [0.4, 0.5) is 0 Å². The van der Waals surface area contributed by atoms with Gasteiger partial charge in [0, 0.05) is 26.0 Å². The van der Waals surface area contributed by atoms with E-state index < -0.39 is 10.0 Å². The minimum absolute atomic E-state index is 0. The molecule has 2 heterocycles. The highest BCUT2D eigenvalue weighted by Crippen LogP contribution is 2.31. The summed E-state index contributed by atoms with van der Waals surface area (Å²) in [4.78, 5) is 4.22. The molecule has 0 unspecified atom stereocenters. The number of hydrogen-bond acceptors (Lipinski definition) is 4. The smallest absolute Gasteiger partial charge is 0.287 e. The first-order valence-corrected chi connectivity index (χ1v) is 9.46. The Morgan fingerprint density at radius 1 is 1.07 bits per heavy atom. The van der Waals surface area contributed by atoms with Crippen LogP contribution in [0.15, 0.2) is 47.8 Å². The molecule has 2 aromatic heterocycles. The maximum Gasteiger partial charge on any atom is 0.287 e. The average Bonchev–Trinajstić information content (AvgIpc) is 3.10. The van der Waals surface area contributed by atoms with Crippen LogP contribution in [0.3, 0.4) is 0 Å². The molecule has 0 atom stereocenters. The fourth-order valence-corrected chi connectivity index (χ4v) is 4.36. The second-order valence-electron chi connectivity index (χ2n) is 6.06. The second-order valence-corrected chi connectivity index (χ2v) is 7.82. The molecule has 0 spiro atoms. The fraction of sp³-hybridized carbons (Fsp3) is 0.278. The molecule has 0 radical (unpaired) electrons. The summed E-state index contributed by atoms with van der Waals surface area (Å²) in [6.45, 7) is 4.32. The number of halogens is 2. The summed E-state index contributed by atoms with van der Waals surface area (Å²) in [5, 5.41) is 3.14. The van der Waals surface area contributed by atoms with Gasteiger partial charge in [-0.1, -0.05) is 30.3 Å². The largest absolute Gasteiger partial charge is 0.337 e. The first-order valence-electron chi connectivity index (χ1n) is 8.02. The molecule has 9 heteroatoms. The lowest BCUT2D eigenvalue weighted by molar-refractivity contribution is 0.584. The first kappa shape index (κ1) is 23.2. The van der Waals surface area contributed by atoms with Gasteiger partial charge in [-0.3, -0.25) is 0 Å². The molecule has 3 rings (SSSR count). The SMILES string of the molecule is CNCc1cn(S(=O)(=O)c2cn(C)c(C)n2)c(-c2ccccc2)c1C.Cl.Cl. The third-order valence-electron chi connectivity index (χ3n) is 4.35. The number of nitrogens with one attached hydrogen (secondary N) is 1. The topological polar surface area (TPSA) is 68.9 Å². The summed E-state index contributed by atoms with van der Waals surface area (Å²) in [5.41, 5.74) is 3.42. The average molecular weight is 431 g/mol. The highest BCUT2D eigenvalue weighted by atomic mass is 35.5. The molecule has 148 valence electrons. The van der Waals surface area contributed by atoms with Gasteiger partial charge >= 0.3 is 0 Å². The molecule has 1 N–H and O–H groups in total. The number of aromatic nitrogens is 3. The zero-order chi connectivity index (χ0) is 18.2. The molecule has 3 aromatic rings. The standard InChI is InChI=1S/C18H22N4O2S.2ClH/c1-13-16(10-19-3)11-22(18(13)15-8-6-5-7-9-15)25(23,24)17-12-21(4)14(2)20-17;;/h5-9,11-12,19H,10H2,1-4H3;2*1H. The van der Waals surface area contributed by atoms with Crippen molar-refractivity contribution in [2.75, 3.05) is 7.05 Å². The Bertz CT molecular complexity index is 992. The van der Waals surface area contributed by atoms with Gasteiger partial charge in [-0.25, -0.2) is 8.96 Å². The number of hydrogen-bond donors (Lipinski definition) is 1. The predicted molar refractivity (Wildman–Crippen MR) is 112 cm³/mol. The lowest BCUT2D eigenvalue weighted by Crippen LogP contribution is -2.14. The monoisotopic (exact) mass is 430 g/mol. The quantitative estimate of drug-likeness (QED) is 0.673. The van der Waals surface area contributed by atoms with Gasteiger partial charge in [0.25, 0.3) is 10.0 Å². The van der Waals surface area contributed by atoms with Gasteiger partial charge in [0.2, 0.25) is 0 Å². The number of benzene rings is 1. The summed E-state index contributed by atoms with van der Waals surface area (Å²) < 4.78 is 29.5. The van der Waals surface area contributed by atoms with Crippen molar-refractivity contribution < 1.29 is 8.42 Å². The lowest BCUT2D eigenvalue weighted by atomic mass is 10.1. The van der Waals surface area contributed by atoms with E-state index in [4.69, 9.17) is 0 Å². The van der Waals surface area contributed by atoms with Crippen molar-refractivity contribution in [1.82, 2.24) is 18.8 Å². The van der Waals surface area contributed by atoms with Crippen LogP contribution in [0.5, 0.6) is 0 Å². The molecular weight excluding hydrogens is 407 g/mol. The second kappa shape index (κ2) is 8.93. The van der Waals surface area contributed by atoms with Crippen molar-refractivity contribution in [1.29, 1.82) is 0 Å². The van der Waals surface area contributed by atoms with Crippen LogP contribution in [0.2, 0.25) is 0 Å². The van der Waals surface area contributed by atoms with Crippen LogP contribution in [0.1, 0.15) is 17.0 Å². The lowest BCUT2D eigenvalue weighted by Gasteiger charge is -2.10. The Kier molecular flexibility index (Phi) is 7.68. The number of aryl methyl sites for hydroxylation is 2. The maximum absolute atomic E-state index is 13.2. The first-order chi connectivity index (χ1) is 11.9. The van der Waals surface area contributed by atoms with Crippen LogP contribution in [-0.2, 0) is 23.6 Å². The highest BCUT2D eigenvalue weighted by molar-refractivity contribution is 7.90. The van der Waals surface area contributed by atoms with Crippen LogP contribution in [0.25, 0.3) is 11.3 Å². The Morgan fingerprint density at radius 2 is 1.70 bits per heavy atom. The predicted octanol–water partition coefficient (Wildman–Crippen LogP) is 3.31. The Morgan fingerprint density at radius 3 is 2.22 bits per heavy atom. The third-order valence-corrected chi connectivity index (χ3v) is 5.89. The zero-order valence-electron chi connectivity index (χ0n) is 15.6. The van der Waals surface area contributed by atoms with E-state index in [-0.39, 0.29) is 29.8 Å². The van der Waals surface area contributed by atoms with Gasteiger partial charge < -0.3 is 9.88 Å². The molecule has 1 aromatic carbocycles. The van der Waals surface area contributed by atoms with Gasteiger partial charge in [0.15, 0.2) is 5.03 Å². The third kappa shape index (κ3) is 4.21. The minimum Gasteiger partial charge on any atom is -0.337 e. The molecule has 0 amide bonds. The van der Waals surface area contributed by atoms with E-state index in [1.54, 1.807) is 30.9 Å². The minimum atomic E-state index is -3.78. The normalized spacial score (nSPS) is 11.0. The highest BCUT2D eigenvalue weighted by Gasteiger charge is 2.26. The Balaban J connectivity index is 0.00000182. The van der Waals surface area contributed by atoms with Crippen LogP contribution >= 0.6 is 24.8 Å². The van der Waals surface area contributed by atoms with E-state index in [0.29, 0.717) is 18.1 Å². The van der Waals surface area contributed by atoms with E-state index >= 15 is 0 Å². The van der Waals surface area contributed by atoms with E-state index in [1.807, 2.05) is 44.3 Å². The van der Waals surface area contributed by atoms with Crippen molar-refractivity contribution in [3.05, 3.63) is 59.7 Å². The molecule has 0 aliphatic carbocycles. The van der Waals surface area contributed by atoms with Crippen molar-refractivity contribution in [2.24, 2.45) is 7.05 Å². The number of rotatable bonds is 5. The summed E-state index contributed by atoms with van der Waals surface area (Å²) in [5.74, 6) is 0.652. The maximum atomic E-state index is 13.2. The summed E-state index contributed by atoms with van der Waals surface area (Å²) >= 11 is 0. The van der Waals surface area contributed by atoms with Crippen molar-refractivity contribution in [2.45, 2.75) is 25.4 Å². The number of imidazole rings is 1. The molecule has 6 nitrogen and oxygen atoms in total. The summed E-state index contributed by atoms with van der Waals surface area (Å²) in [6.07, 6.45) is 3.24. The van der Waals surface area contributed by atoms with E-state index in [2.05, 4.69) is 10.3 Å². The molecular formula is C18H24Cl2N4O2S. The molecule has 0 aliphatic rings. The van der Waals surface area contributed by atoms with Gasteiger partial charge in [-0.15, -0.1) is 24.8 Å². The summed E-state index contributed by atoms with van der Waals surface area (Å²) in [7, 11) is -0.155. The molecule has 0 aliphatic heterocycles. The Labute approximate surface area is 172 Å². The molecule has 0 saturated heterocycles. The summed E-state index contributed by atoms with van der Waals surface area (Å²) in [6, 6.07) is 9.56. The van der Waals surface area contributed by atoms with E-state index in [0.717, 1.165) is 16.7 Å². The molecule has 0 bridgehead atoms. The molecule has 0 fully saturated rings. The van der Waals surface area contributed by atoms with Crippen LogP contribution < -0.4 is 5.32 Å². The fourth-order valence-electron chi connectivity index (χ4n) is 2.87. The van der Waals surface area contributed by atoms with Crippen molar-refractivity contribution >= 4 is 34.8 Å². The van der Waals surface area contributed by atoms with Gasteiger partial charge in [-0.2, -0.15) is 8.42 Å². The van der Waals surface area contributed by atoms with Crippen molar-refractivity contribution in [3.8, 4) is 11.3 Å². The Hall–Kier alpha value is -1.80. The zero-order valence-corrected chi connectivity index (χ0v) is 18.1. The molecule has 27 heavy (non-hydrogen) atoms. The number of nitrogens with zero attached hydrogens (tertiary/aromatic N) is 3. The van der Waals surface area contributed by atoms with Gasteiger partial charge in [0.05, 0.1) is 5.69 Å². The van der Waals surface area contributed by atoms with E-state index in [9.17, 15) is 8.42 Å². The van der Waals surface area contributed by atoms with Gasteiger partial charge in [0.1, 0.15) is 5.82 Å².